The van der Waals surface area contributed by atoms with Gasteiger partial charge in [0, 0.05) is 111 Å². The van der Waals surface area contributed by atoms with Crippen LogP contribution in [0.2, 0.25) is 0 Å². The smallest absolute Gasteiger partial charge is 0.422 e. The number of hydrogen-bond donors (Lipinski definition) is 10. The molecular formula is C90H72BBr2ClN16O5. The Morgan fingerprint density at radius 2 is 0.748 bits per heavy atom. The lowest BCUT2D eigenvalue weighted by molar-refractivity contribution is 0.101. The molecule has 5 heterocycles. The molecule has 21 nitrogen and oxygen atoms in total. The molecule has 11 N–H and O–H groups in total. The predicted octanol–water partition coefficient (Wildman–Crippen LogP) is 20.2. The number of aromatic nitrogens is 10. The fourth-order valence-electron chi connectivity index (χ4n) is 11.8. The van der Waals surface area contributed by atoms with Crippen LogP contribution in [0.5, 0.6) is 0 Å². The molecule has 0 radical (unpaired) electrons. The van der Waals surface area contributed by atoms with Gasteiger partial charge in [-0.1, -0.05) is 202 Å². The van der Waals surface area contributed by atoms with E-state index < -0.39 is 12.4 Å². The standard InChI is InChI=1S/C31H24N6O.C28H21BrN4O.C21H14ClN3O.C7H8BrN.C3H5BN2O2/c1-20-11-12-23(26-17-18-32-37-26)19-28(20)34-30(38)22-13-15-24(16-14-22)33-31-35-27-10-6-5-9-25(27)29(36-31)21-7-3-2-4-8-21;1-18-11-14-21(29)17-25(18)31-27(34)20-12-15-22(16-13-20)30-28-32-24-10-6-5-9-23(24)26(33-28)19-7-3-2-4-8-19;22-20(26)15-10-12-16(13-11-15)23-21-24-18-9-5-4-8-17(18)19(25-21)14-6-2-1-3-7-14;1-5-2-3-6(8)4-7(5)9;7-4(8)3-1-2-5-6-3/h2-19H,1H3,(H,32,37)(H,34,38)(H,33,35,36);2-17H,1H3,(H,31,34)(H,30,32,33);1-13H,(H,23,24,25);2-4H,9H2,1H3;1-2,7-8H,(H,5,6). The zero-order chi connectivity index (χ0) is 80.2. The van der Waals surface area contributed by atoms with E-state index in [4.69, 9.17) is 47.3 Å². The number of para-hydroxylation sites is 3. The number of hydrogen-bond acceptors (Lipinski definition) is 17. The van der Waals surface area contributed by atoms with E-state index in [2.05, 4.69) is 88.8 Å². The van der Waals surface area contributed by atoms with Gasteiger partial charge in [-0.05, 0) is 183 Å². The largest absolute Gasteiger partial charge is 0.507 e. The second-order valence-electron chi connectivity index (χ2n) is 26.0. The molecule has 2 amide bonds. The van der Waals surface area contributed by atoms with E-state index in [1.807, 2.05) is 269 Å². The maximum atomic E-state index is 13.0. The number of anilines is 9. The highest BCUT2D eigenvalue weighted by Crippen LogP contribution is 2.33. The molecule has 17 rings (SSSR count). The van der Waals surface area contributed by atoms with E-state index in [-0.39, 0.29) is 11.8 Å². The van der Waals surface area contributed by atoms with Gasteiger partial charge >= 0.3 is 7.12 Å². The van der Waals surface area contributed by atoms with Crippen LogP contribution in [0.1, 0.15) is 47.8 Å². The number of aryl methyl sites for hydroxylation is 3. The zero-order valence-corrected chi connectivity index (χ0v) is 65.9. The monoisotopic (exact) mass is 1660 g/mol. The van der Waals surface area contributed by atoms with Gasteiger partial charge in [0.25, 0.3) is 17.1 Å². The lowest BCUT2D eigenvalue weighted by Crippen LogP contribution is -2.30. The Morgan fingerprint density at radius 1 is 0.383 bits per heavy atom. The molecule has 0 aliphatic rings. The summed E-state index contributed by atoms with van der Waals surface area (Å²) in [4.78, 5) is 65.2. The Balaban J connectivity index is 0.000000137. The van der Waals surface area contributed by atoms with Crippen LogP contribution in [0.25, 0.3) is 77.7 Å². The van der Waals surface area contributed by atoms with Crippen LogP contribution < -0.4 is 37.9 Å². The van der Waals surface area contributed by atoms with E-state index in [0.29, 0.717) is 40.1 Å². The summed E-state index contributed by atoms with van der Waals surface area (Å²) in [5, 5.41) is 47.9. The molecule has 0 atom stereocenters. The van der Waals surface area contributed by atoms with Crippen molar-refractivity contribution in [2.45, 2.75) is 20.8 Å². The number of carbonyl (C=O) groups is 3. The summed E-state index contributed by atoms with van der Waals surface area (Å²) in [7, 11) is -1.43. The summed E-state index contributed by atoms with van der Waals surface area (Å²) in [5.74, 6) is 1.13. The highest BCUT2D eigenvalue weighted by molar-refractivity contribution is 9.10. The molecule has 0 bridgehead atoms. The molecule has 0 aliphatic carbocycles. The Bertz CT molecular complexity index is 6210. The number of nitrogens with one attached hydrogen (secondary N) is 7. The maximum absolute atomic E-state index is 13.0. The van der Waals surface area contributed by atoms with Crippen molar-refractivity contribution in [3.8, 4) is 45.0 Å². The average molecular weight is 1660 g/mol. The second kappa shape index (κ2) is 37.9. The van der Waals surface area contributed by atoms with Crippen LogP contribution in [0, 0.1) is 20.8 Å². The molecule has 0 spiro atoms. The summed E-state index contributed by atoms with van der Waals surface area (Å²) in [5.41, 5.74) is 25.4. The minimum Gasteiger partial charge on any atom is -0.422 e. The quantitative estimate of drug-likeness (QED) is 0.0244. The van der Waals surface area contributed by atoms with E-state index in [9.17, 15) is 14.4 Å². The zero-order valence-electron chi connectivity index (χ0n) is 62.0. The van der Waals surface area contributed by atoms with Crippen molar-refractivity contribution in [2.75, 3.05) is 32.3 Å². The third kappa shape index (κ3) is 21.0. The van der Waals surface area contributed by atoms with Gasteiger partial charge in [-0.3, -0.25) is 24.6 Å². The van der Waals surface area contributed by atoms with E-state index in [1.54, 1.807) is 54.7 Å². The Morgan fingerprint density at radius 3 is 1.11 bits per heavy atom. The van der Waals surface area contributed by atoms with Crippen LogP contribution in [-0.2, 0) is 0 Å². The SMILES string of the molecule is Cc1ccc(-c2ccn[nH]2)cc1NC(=O)c1ccc(Nc2nc(-c3ccccc3)c3ccccc3n2)cc1.Cc1ccc(Br)cc1N.Cc1ccc(Br)cc1NC(=O)c1ccc(Nc2nc(-c3ccccc3)c3ccccc3n2)cc1.O=C(Cl)c1ccc(Nc2nc(-c3ccccc3)c3ccccc3n2)cc1.OB(O)c1ccn[nH]1. The number of halogens is 3. The Hall–Kier alpha value is -13.9. The fraction of sp³-hybridized carbons (Fsp3) is 0.0333. The number of aromatic amines is 2. The van der Waals surface area contributed by atoms with Gasteiger partial charge in [0.1, 0.15) is 0 Å². The van der Waals surface area contributed by atoms with Crippen LogP contribution in [0.3, 0.4) is 0 Å². The minimum absolute atomic E-state index is 0.166. The van der Waals surface area contributed by atoms with Gasteiger partial charge in [-0.15, -0.1) is 0 Å². The number of nitrogens with zero attached hydrogens (tertiary/aromatic N) is 8. The van der Waals surface area contributed by atoms with Crippen molar-refractivity contribution >= 4 is 158 Å². The third-order valence-electron chi connectivity index (χ3n) is 17.9. The summed E-state index contributed by atoms with van der Waals surface area (Å²) >= 11 is 12.2. The van der Waals surface area contributed by atoms with Crippen LogP contribution in [0.4, 0.5) is 52.0 Å². The van der Waals surface area contributed by atoms with Crippen LogP contribution in [-0.4, -0.2) is 84.5 Å². The molecule has 0 saturated heterocycles. The molecule has 0 aliphatic heterocycles. The number of nitrogens with two attached hydrogens (primary N) is 1. The normalized spacial score (nSPS) is 10.6. The number of rotatable bonds is 16. The number of carbonyl (C=O) groups excluding carboxylic acids is 3. The van der Waals surface area contributed by atoms with Crippen molar-refractivity contribution in [3.63, 3.8) is 0 Å². The molecule has 0 saturated carbocycles. The van der Waals surface area contributed by atoms with Crippen molar-refractivity contribution in [2.24, 2.45) is 0 Å². The van der Waals surface area contributed by atoms with Crippen molar-refractivity contribution in [1.29, 1.82) is 0 Å². The molecule has 0 unspecified atom stereocenters. The molecule has 5 aromatic heterocycles. The third-order valence-corrected chi connectivity index (χ3v) is 19.1. The van der Waals surface area contributed by atoms with E-state index in [1.165, 1.54) is 12.3 Å². The lowest BCUT2D eigenvalue weighted by atomic mass is 9.87. The molecule has 12 aromatic carbocycles. The molecule has 17 aromatic rings. The molecular weight excluding hydrogens is 1590 g/mol. The average Bonchev–Trinajstić information content (AvgIpc) is 1.26. The lowest BCUT2D eigenvalue weighted by Gasteiger charge is -2.12. The number of H-pyrrole nitrogens is 2. The summed E-state index contributed by atoms with van der Waals surface area (Å²) in [6, 6.07) is 96.3. The second-order valence-corrected chi connectivity index (χ2v) is 28.1. The van der Waals surface area contributed by atoms with E-state index >= 15 is 0 Å². The number of benzene rings is 12. The van der Waals surface area contributed by atoms with Crippen LogP contribution >= 0.6 is 43.5 Å². The van der Waals surface area contributed by atoms with E-state index in [0.717, 1.165) is 137 Å². The Labute approximate surface area is 684 Å². The highest BCUT2D eigenvalue weighted by atomic mass is 79.9. The van der Waals surface area contributed by atoms with Crippen molar-refractivity contribution in [3.05, 3.63) is 358 Å². The first-order valence-corrected chi connectivity index (χ1v) is 38.0. The molecule has 25 heteroatoms. The van der Waals surface area contributed by atoms with Gasteiger partial charge in [0.2, 0.25) is 17.8 Å². The van der Waals surface area contributed by atoms with Crippen molar-refractivity contribution in [1.82, 2.24) is 50.3 Å². The highest BCUT2D eigenvalue weighted by Gasteiger charge is 2.17. The first-order chi connectivity index (χ1) is 55.9. The first kappa shape index (κ1) is 79.2. The summed E-state index contributed by atoms with van der Waals surface area (Å²) < 4.78 is 1.95. The van der Waals surface area contributed by atoms with Gasteiger partial charge in [-0.2, -0.15) is 10.2 Å². The number of amides is 2. The number of nitrogen functional groups attached to an aromatic ring is 1. The maximum Gasteiger partial charge on any atom is 0.507 e. The summed E-state index contributed by atoms with van der Waals surface area (Å²) in [6.07, 6.45) is 3.16. The van der Waals surface area contributed by atoms with Crippen LogP contribution in [0.15, 0.2) is 325 Å². The van der Waals surface area contributed by atoms with Crippen molar-refractivity contribution < 1.29 is 24.4 Å². The Kier molecular flexibility index (Phi) is 26.1. The fourth-order valence-corrected chi connectivity index (χ4v) is 12.7. The van der Waals surface area contributed by atoms with Gasteiger partial charge < -0.3 is 42.4 Å². The molecule has 115 heavy (non-hydrogen) atoms. The first-order valence-electron chi connectivity index (χ1n) is 36.1. The predicted molar refractivity (Wildman–Crippen MR) is 470 cm³/mol. The van der Waals surface area contributed by atoms with Gasteiger partial charge in [0.15, 0.2) is 0 Å². The number of fused-ring (bicyclic) bond motifs is 3. The molecule has 566 valence electrons. The summed E-state index contributed by atoms with van der Waals surface area (Å²) in [6.45, 7) is 5.91. The van der Waals surface area contributed by atoms with Gasteiger partial charge in [0.05, 0.1) is 44.9 Å². The molecule has 0 fully saturated rings. The minimum atomic E-state index is -1.43. The topological polar surface area (TPSA) is 313 Å². The van der Waals surface area contributed by atoms with Gasteiger partial charge in [-0.25, -0.2) is 29.9 Å².